The van der Waals surface area contributed by atoms with E-state index in [4.69, 9.17) is 5.11 Å². The van der Waals surface area contributed by atoms with Crippen LogP contribution in [0.15, 0.2) is 0 Å². The molecular formula is C10H14F6O2. The summed E-state index contributed by atoms with van der Waals surface area (Å²) in [5.74, 6) is -1.19. The highest BCUT2D eigenvalue weighted by atomic mass is 19.4. The van der Waals surface area contributed by atoms with Crippen molar-refractivity contribution in [1.29, 1.82) is 0 Å². The van der Waals surface area contributed by atoms with Crippen LogP contribution in [0.25, 0.3) is 0 Å². The summed E-state index contributed by atoms with van der Waals surface area (Å²) in [6.45, 7) is 0. The molecule has 0 amide bonds. The third-order valence-corrected chi connectivity index (χ3v) is 3.36. The maximum Gasteiger partial charge on any atom is 0.426 e. The lowest BCUT2D eigenvalue weighted by Gasteiger charge is -2.37. The molecule has 0 aromatic heterocycles. The molecule has 2 atom stereocenters. The quantitative estimate of drug-likeness (QED) is 0.764. The maximum absolute atomic E-state index is 12.4. The molecule has 0 radical (unpaired) electrons. The van der Waals surface area contributed by atoms with Gasteiger partial charge in [-0.05, 0) is 25.2 Å². The average Bonchev–Trinajstić information content (AvgIpc) is 2.18. The summed E-state index contributed by atoms with van der Waals surface area (Å²) >= 11 is 0. The van der Waals surface area contributed by atoms with E-state index in [1.54, 1.807) is 0 Å². The van der Waals surface area contributed by atoms with Crippen molar-refractivity contribution in [3.05, 3.63) is 0 Å². The summed E-state index contributed by atoms with van der Waals surface area (Å²) in [6.07, 6.45) is -13.1. The Labute approximate surface area is 99.6 Å². The van der Waals surface area contributed by atoms with Crippen molar-refractivity contribution in [2.75, 3.05) is 0 Å². The van der Waals surface area contributed by atoms with Crippen molar-refractivity contribution in [2.45, 2.75) is 56.2 Å². The molecule has 2 unspecified atom stereocenters. The molecule has 2 nitrogen and oxygen atoms in total. The molecule has 0 heterocycles. The van der Waals surface area contributed by atoms with Crippen molar-refractivity contribution in [3.8, 4) is 0 Å². The Morgan fingerprint density at radius 1 is 0.889 bits per heavy atom. The number of rotatable bonds is 2. The van der Waals surface area contributed by atoms with Crippen LogP contribution in [-0.4, -0.2) is 34.3 Å². The fourth-order valence-electron chi connectivity index (χ4n) is 2.20. The van der Waals surface area contributed by atoms with Gasteiger partial charge in [0, 0.05) is 0 Å². The number of halogens is 6. The summed E-state index contributed by atoms with van der Waals surface area (Å²) < 4.78 is 74.6. The van der Waals surface area contributed by atoms with Gasteiger partial charge >= 0.3 is 12.4 Å². The van der Waals surface area contributed by atoms with Crippen LogP contribution in [0.1, 0.15) is 32.1 Å². The minimum atomic E-state index is -5.80. The second kappa shape index (κ2) is 4.88. The molecule has 1 aliphatic rings. The molecule has 0 aromatic rings. The fraction of sp³-hybridized carbons (Fsp3) is 1.00. The molecule has 1 fully saturated rings. The molecule has 2 N–H and O–H groups in total. The first-order valence-corrected chi connectivity index (χ1v) is 5.53. The van der Waals surface area contributed by atoms with Gasteiger partial charge < -0.3 is 10.2 Å². The smallest absolute Gasteiger partial charge is 0.393 e. The van der Waals surface area contributed by atoms with Crippen LogP contribution < -0.4 is 0 Å². The second-order valence-electron chi connectivity index (χ2n) is 4.67. The van der Waals surface area contributed by atoms with E-state index in [0.717, 1.165) is 0 Å². The van der Waals surface area contributed by atoms with Gasteiger partial charge in [0.2, 0.25) is 0 Å². The van der Waals surface area contributed by atoms with Gasteiger partial charge in [0.15, 0.2) is 0 Å². The highest BCUT2D eigenvalue weighted by Gasteiger charge is 2.70. The molecule has 0 bridgehead atoms. The summed E-state index contributed by atoms with van der Waals surface area (Å²) in [4.78, 5) is 0. The number of aliphatic hydroxyl groups excluding tert-OH is 1. The molecular weight excluding hydrogens is 266 g/mol. The van der Waals surface area contributed by atoms with E-state index in [9.17, 15) is 31.4 Å². The van der Waals surface area contributed by atoms with Gasteiger partial charge in [-0.25, -0.2) is 0 Å². The Kier molecular flexibility index (Phi) is 4.22. The van der Waals surface area contributed by atoms with Crippen LogP contribution in [0, 0.1) is 5.92 Å². The zero-order chi connectivity index (χ0) is 14.2. The van der Waals surface area contributed by atoms with E-state index < -0.39 is 36.4 Å². The van der Waals surface area contributed by atoms with Crippen molar-refractivity contribution < 1.29 is 36.6 Å². The number of hydrogen-bond donors (Lipinski definition) is 2. The maximum atomic E-state index is 12.4. The van der Waals surface area contributed by atoms with E-state index in [2.05, 4.69) is 0 Å². The normalized spacial score (nSPS) is 27.3. The third-order valence-electron chi connectivity index (χ3n) is 3.36. The van der Waals surface area contributed by atoms with Gasteiger partial charge in [0.05, 0.1) is 6.10 Å². The summed E-state index contributed by atoms with van der Waals surface area (Å²) in [6, 6.07) is 0. The van der Waals surface area contributed by atoms with Gasteiger partial charge in [0.1, 0.15) is 0 Å². The molecule has 0 aromatic carbocycles. The molecule has 8 heteroatoms. The van der Waals surface area contributed by atoms with Gasteiger partial charge in [-0.15, -0.1) is 0 Å². The zero-order valence-electron chi connectivity index (χ0n) is 9.35. The number of aliphatic hydroxyl groups is 2. The van der Waals surface area contributed by atoms with Crippen molar-refractivity contribution in [2.24, 2.45) is 5.92 Å². The first kappa shape index (κ1) is 15.6. The molecule has 0 aliphatic heterocycles. The fourth-order valence-corrected chi connectivity index (χ4v) is 2.20. The molecule has 108 valence electrons. The minimum Gasteiger partial charge on any atom is -0.393 e. The summed E-state index contributed by atoms with van der Waals surface area (Å²) in [7, 11) is 0. The predicted molar refractivity (Wildman–Crippen MR) is 49.6 cm³/mol. The van der Waals surface area contributed by atoms with E-state index in [0.29, 0.717) is 12.8 Å². The van der Waals surface area contributed by atoms with E-state index in [1.807, 2.05) is 0 Å². The van der Waals surface area contributed by atoms with Crippen molar-refractivity contribution >= 4 is 0 Å². The Hall–Kier alpha value is -0.500. The summed E-state index contributed by atoms with van der Waals surface area (Å²) in [5, 5.41) is 18.4. The topological polar surface area (TPSA) is 40.5 Å². The van der Waals surface area contributed by atoms with Gasteiger partial charge in [-0.2, -0.15) is 26.3 Å². The van der Waals surface area contributed by atoms with E-state index in [1.165, 1.54) is 0 Å². The molecule has 1 saturated carbocycles. The van der Waals surface area contributed by atoms with Crippen LogP contribution in [0.2, 0.25) is 0 Å². The minimum absolute atomic E-state index is 0.0512. The monoisotopic (exact) mass is 280 g/mol. The molecule has 18 heavy (non-hydrogen) atoms. The first-order chi connectivity index (χ1) is 7.99. The standard InChI is InChI=1S/C10H14F6O2/c11-9(12,13)8(18,10(14,15)16)5-6-3-1-2-4-7(6)17/h6-7,17-18H,1-5H2. The predicted octanol–water partition coefficient (Wildman–Crippen LogP) is 2.78. The lowest BCUT2D eigenvalue weighted by molar-refractivity contribution is -0.374. The SMILES string of the molecule is OC1CCCCC1CC(O)(C(F)(F)F)C(F)(F)F. The van der Waals surface area contributed by atoms with Gasteiger partial charge in [0.25, 0.3) is 5.60 Å². The zero-order valence-corrected chi connectivity index (χ0v) is 9.35. The van der Waals surface area contributed by atoms with Crippen LogP contribution in [0.4, 0.5) is 26.3 Å². The molecule has 1 rings (SSSR count). The van der Waals surface area contributed by atoms with Crippen molar-refractivity contribution in [3.63, 3.8) is 0 Å². The third kappa shape index (κ3) is 2.90. The second-order valence-corrected chi connectivity index (χ2v) is 4.67. The van der Waals surface area contributed by atoms with Crippen LogP contribution in [-0.2, 0) is 0 Å². The molecule has 0 spiro atoms. The van der Waals surface area contributed by atoms with Crippen LogP contribution in [0.3, 0.4) is 0 Å². The molecule has 1 aliphatic carbocycles. The van der Waals surface area contributed by atoms with Crippen molar-refractivity contribution in [1.82, 2.24) is 0 Å². The largest absolute Gasteiger partial charge is 0.426 e. The lowest BCUT2D eigenvalue weighted by Crippen LogP contribution is -2.58. The Balaban J connectivity index is 2.92. The Morgan fingerprint density at radius 2 is 1.33 bits per heavy atom. The van der Waals surface area contributed by atoms with Crippen LogP contribution in [0.5, 0.6) is 0 Å². The van der Waals surface area contributed by atoms with E-state index >= 15 is 0 Å². The van der Waals surface area contributed by atoms with E-state index in [-0.39, 0.29) is 12.8 Å². The first-order valence-electron chi connectivity index (χ1n) is 5.53. The number of alkyl halides is 6. The lowest BCUT2D eigenvalue weighted by atomic mass is 9.78. The Morgan fingerprint density at radius 3 is 1.72 bits per heavy atom. The average molecular weight is 280 g/mol. The Bertz CT molecular complexity index is 271. The number of hydrogen-bond acceptors (Lipinski definition) is 2. The van der Waals surface area contributed by atoms with Crippen LogP contribution >= 0.6 is 0 Å². The van der Waals surface area contributed by atoms with Gasteiger partial charge in [-0.1, -0.05) is 12.8 Å². The highest BCUT2D eigenvalue weighted by Crippen LogP contribution is 2.48. The molecule has 0 saturated heterocycles. The van der Waals surface area contributed by atoms with Gasteiger partial charge in [-0.3, -0.25) is 0 Å². The summed E-state index contributed by atoms with van der Waals surface area (Å²) in [5.41, 5.74) is -4.75. The highest BCUT2D eigenvalue weighted by molar-refractivity contribution is 4.97.